The average Bonchev–Trinajstić information content (AvgIpc) is 2.52. The smallest absolute Gasteiger partial charge is 0.251 e. The number of nitrogens with one attached hydrogen (secondary N) is 1. The molecule has 23 heavy (non-hydrogen) atoms. The van der Waals surface area contributed by atoms with Gasteiger partial charge in [0.1, 0.15) is 17.7 Å². The molecule has 2 aromatic carbocycles. The zero-order chi connectivity index (χ0) is 17.0. The Morgan fingerprint density at radius 2 is 1.78 bits per heavy atom. The lowest BCUT2D eigenvalue weighted by molar-refractivity contribution is 0.0911. The van der Waals surface area contributed by atoms with Crippen molar-refractivity contribution in [3.63, 3.8) is 0 Å². The largest absolute Gasteiger partial charge is 0.386 e. The molecule has 1 atom stereocenters. The first-order valence-corrected chi connectivity index (χ1v) is 7.07. The maximum Gasteiger partial charge on any atom is 0.251 e. The Morgan fingerprint density at radius 3 is 2.39 bits per heavy atom. The van der Waals surface area contributed by atoms with Gasteiger partial charge in [-0.25, -0.2) is 8.78 Å². The highest BCUT2D eigenvalue weighted by Crippen LogP contribution is 2.20. The number of halogens is 2. The van der Waals surface area contributed by atoms with Gasteiger partial charge in [-0.2, -0.15) is 0 Å². The van der Waals surface area contributed by atoms with Gasteiger partial charge in [0.25, 0.3) is 5.91 Å². The maximum absolute atomic E-state index is 13.6. The molecule has 2 N–H and O–H groups in total. The van der Waals surface area contributed by atoms with E-state index in [1.54, 1.807) is 18.2 Å². The van der Waals surface area contributed by atoms with E-state index >= 15 is 0 Å². The monoisotopic (exact) mass is 320 g/mol. The zero-order valence-corrected chi connectivity index (χ0v) is 12.9. The van der Waals surface area contributed by atoms with E-state index in [0.717, 1.165) is 17.8 Å². The van der Waals surface area contributed by atoms with Crippen molar-refractivity contribution in [3.05, 3.63) is 65.2 Å². The van der Waals surface area contributed by atoms with Crippen molar-refractivity contribution in [2.75, 3.05) is 25.5 Å². The van der Waals surface area contributed by atoms with Crippen molar-refractivity contribution < 1.29 is 18.7 Å². The third-order valence-corrected chi connectivity index (χ3v) is 3.41. The van der Waals surface area contributed by atoms with Crippen molar-refractivity contribution in [2.24, 2.45) is 0 Å². The van der Waals surface area contributed by atoms with Gasteiger partial charge in [0.2, 0.25) is 0 Å². The van der Waals surface area contributed by atoms with Crippen LogP contribution < -0.4 is 10.2 Å². The third kappa shape index (κ3) is 4.04. The van der Waals surface area contributed by atoms with Crippen molar-refractivity contribution in [2.45, 2.75) is 6.10 Å². The SMILES string of the molecule is CN(C)c1cccc(C(=O)NCC(O)c2c(F)cccc2F)c1. The second-order valence-corrected chi connectivity index (χ2v) is 5.31. The van der Waals surface area contributed by atoms with Crippen LogP contribution in [-0.2, 0) is 0 Å². The molecule has 2 rings (SSSR count). The van der Waals surface area contributed by atoms with Gasteiger partial charge in [-0.15, -0.1) is 0 Å². The molecule has 0 aliphatic rings. The number of amides is 1. The Bertz CT molecular complexity index is 684. The van der Waals surface area contributed by atoms with Crippen LogP contribution in [-0.4, -0.2) is 31.7 Å². The lowest BCUT2D eigenvalue weighted by Crippen LogP contribution is -2.29. The van der Waals surface area contributed by atoms with E-state index in [-0.39, 0.29) is 6.54 Å². The van der Waals surface area contributed by atoms with Gasteiger partial charge < -0.3 is 15.3 Å². The molecule has 2 aromatic rings. The van der Waals surface area contributed by atoms with Gasteiger partial charge in [-0.1, -0.05) is 12.1 Å². The highest BCUT2D eigenvalue weighted by atomic mass is 19.1. The Balaban J connectivity index is 2.06. The standard InChI is InChI=1S/C17H18F2N2O2/c1-21(2)12-6-3-5-11(9-12)17(23)20-10-15(22)16-13(18)7-4-8-14(16)19/h3-9,15,22H,10H2,1-2H3,(H,20,23). The second-order valence-electron chi connectivity index (χ2n) is 5.31. The lowest BCUT2D eigenvalue weighted by atomic mass is 10.1. The highest BCUT2D eigenvalue weighted by Gasteiger charge is 2.18. The molecule has 0 spiro atoms. The van der Waals surface area contributed by atoms with Crippen LogP contribution in [0.1, 0.15) is 22.0 Å². The summed E-state index contributed by atoms with van der Waals surface area (Å²) in [6, 6.07) is 10.2. The molecule has 1 amide bonds. The summed E-state index contributed by atoms with van der Waals surface area (Å²) in [5.41, 5.74) is 0.797. The van der Waals surface area contributed by atoms with E-state index in [0.29, 0.717) is 5.56 Å². The van der Waals surface area contributed by atoms with Crippen molar-refractivity contribution in [1.29, 1.82) is 0 Å². The molecule has 0 aromatic heterocycles. The summed E-state index contributed by atoms with van der Waals surface area (Å²) in [5.74, 6) is -2.12. The fraction of sp³-hybridized carbons (Fsp3) is 0.235. The first kappa shape index (κ1) is 16.9. The van der Waals surface area contributed by atoms with Crippen LogP contribution in [0.5, 0.6) is 0 Å². The highest BCUT2D eigenvalue weighted by molar-refractivity contribution is 5.95. The molecule has 0 aliphatic heterocycles. The summed E-state index contributed by atoms with van der Waals surface area (Å²) in [6.45, 7) is -0.289. The number of aliphatic hydroxyl groups is 1. The van der Waals surface area contributed by atoms with Crippen LogP contribution in [0.25, 0.3) is 0 Å². The predicted molar refractivity (Wildman–Crippen MR) is 84.4 cm³/mol. The molecule has 1 unspecified atom stereocenters. The van der Waals surface area contributed by atoms with Gasteiger partial charge in [-0.05, 0) is 30.3 Å². The van der Waals surface area contributed by atoms with Gasteiger partial charge in [-0.3, -0.25) is 4.79 Å². The Morgan fingerprint density at radius 1 is 1.17 bits per heavy atom. The molecule has 0 bridgehead atoms. The summed E-state index contributed by atoms with van der Waals surface area (Å²) in [4.78, 5) is 13.9. The number of carbonyl (C=O) groups excluding carboxylic acids is 1. The van der Waals surface area contributed by atoms with E-state index in [9.17, 15) is 18.7 Å². The minimum Gasteiger partial charge on any atom is -0.386 e. The van der Waals surface area contributed by atoms with Gasteiger partial charge >= 0.3 is 0 Å². The first-order chi connectivity index (χ1) is 10.9. The molecular formula is C17H18F2N2O2. The molecule has 6 heteroatoms. The topological polar surface area (TPSA) is 52.6 Å². The molecule has 0 aliphatic carbocycles. The van der Waals surface area contributed by atoms with Crippen LogP contribution in [0.4, 0.5) is 14.5 Å². The number of carbonyl (C=O) groups is 1. The van der Waals surface area contributed by atoms with Crippen molar-refractivity contribution in [3.8, 4) is 0 Å². The second kappa shape index (κ2) is 7.19. The lowest BCUT2D eigenvalue weighted by Gasteiger charge is -2.15. The van der Waals surface area contributed by atoms with Crippen LogP contribution in [0.2, 0.25) is 0 Å². The number of hydrogen-bond acceptors (Lipinski definition) is 3. The molecule has 0 saturated heterocycles. The third-order valence-electron chi connectivity index (χ3n) is 3.41. The Kier molecular flexibility index (Phi) is 5.28. The van der Waals surface area contributed by atoms with Crippen LogP contribution in [0.3, 0.4) is 0 Å². The fourth-order valence-electron chi connectivity index (χ4n) is 2.15. The number of anilines is 1. The van der Waals surface area contributed by atoms with Crippen molar-refractivity contribution >= 4 is 11.6 Å². The number of benzene rings is 2. The number of rotatable bonds is 5. The normalized spacial score (nSPS) is 11.9. The van der Waals surface area contributed by atoms with E-state index in [1.165, 1.54) is 6.07 Å². The maximum atomic E-state index is 13.6. The first-order valence-electron chi connectivity index (χ1n) is 7.07. The fourth-order valence-corrected chi connectivity index (χ4v) is 2.15. The van der Waals surface area contributed by atoms with Crippen molar-refractivity contribution in [1.82, 2.24) is 5.32 Å². The van der Waals surface area contributed by atoms with E-state index < -0.39 is 29.2 Å². The Hall–Kier alpha value is -2.47. The summed E-state index contributed by atoms with van der Waals surface area (Å²) in [5, 5.41) is 12.4. The summed E-state index contributed by atoms with van der Waals surface area (Å²) >= 11 is 0. The number of nitrogens with zero attached hydrogens (tertiary/aromatic N) is 1. The molecule has 0 heterocycles. The van der Waals surface area contributed by atoms with Gasteiger partial charge in [0, 0.05) is 31.9 Å². The average molecular weight is 320 g/mol. The van der Waals surface area contributed by atoms with E-state index in [1.807, 2.05) is 25.1 Å². The van der Waals surface area contributed by atoms with Gasteiger partial charge in [0.05, 0.1) is 5.56 Å². The van der Waals surface area contributed by atoms with Crippen LogP contribution in [0, 0.1) is 11.6 Å². The number of aliphatic hydroxyl groups excluding tert-OH is 1. The van der Waals surface area contributed by atoms with E-state index in [2.05, 4.69) is 5.32 Å². The molecule has 0 radical (unpaired) electrons. The molecule has 4 nitrogen and oxygen atoms in total. The number of hydrogen-bond donors (Lipinski definition) is 2. The zero-order valence-electron chi connectivity index (χ0n) is 12.9. The Labute approximate surface area is 133 Å². The van der Waals surface area contributed by atoms with E-state index in [4.69, 9.17) is 0 Å². The predicted octanol–water partition coefficient (Wildman–Crippen LogP) is 2.49. The summed E-state index contributed by atoms with van der Waals surface area (Å²) in [7, 11) is 3.70. The quantitative estimate of drug-likeness (QED) is 0.890. The minimum absolute atomic E-state index is 0.289. The molecule has 0 fully saturated rings. The van der Waals surface area contributed by atoms with Crippen LogP contribution in [0.15, 0.2) is 42.5 Å². The van der Waals surface area contributed by atoms with Gasteiger partial charge in [0.15, 0.2) is 0 Å². The molecule has 0 saturated carbocycles. The molecular weight excluding hydrogens is 302 g/mol. The minimum atomic E-state index is -1.46. The van der Waals surface area contributed by atoms with Crippen LogP contribution >= 0.6 is 0 Å². The summed E-state index contributed by atoms with van der Waals surface area (Å²) in [6.07, 6.45) is -1.46. The molecule has 122 valence electrons. The summed E-state index contributed by atoms with van der Waals surface area (Å²) < 4.78 is 27.1.